The summed E-state index contributed by atoms with van der Waals surface area (Å²) in [5.74, 6) is 0. The molecular formula is C22H22Cl2Hf. The van der Waals surface area contributed by atoms with Gasteiger partial charge in [-0.2, -0.15) is 47.0 Å². The maximum atomic E-state index is 3.30. The van der Waals surface area contributed by atoms with Crippen molar-refractivity contribution in [2.24, 2.45) is 0 Å². The van der Waals surface area contributed by atoms with Gasteiger partial charge in [-0.3, -0.25) is 0 Å². The second-order valence-corrected chi connectivity index (χ2v) is 5.73. The van der Waals surface area contributed by atoms with Crippen molar-refractivity contribution in [3.05, 3.63) is 89.0 Å². The molecule has 1 aliphatic carbocycles. The molecule has 0 aromatic heterocycles. The van der Waals surface area contributed by atoms with Gasteiger partial charge in [0.05, 0.1) is 0 Å². The molecule has 0 radical (unpaired) electrons. The molecule has 0 heterocycles. The fourth-order valence-corrected chi connectivity index (χ4v) is 2.99. The van der Waals surface area contributed by atoms with Crippen molar-refractivity contribution in [3.63, 3.8) is 0 Å². The third-order valence-electron chi connectivity index (χ3n) is 4.32. The fourth-order valence-electron chi connectivity index (χ4n) is 2.99. The average Bonchev–Trinajstić information content (AvgIpc) is 3.19. The van der Waals surface area contributed by atoms with E-state index in [0.717, 1.165) is 6.42 Å². The molecule has 0 saturated heterocycles. The van der Waals surface area contributed by atoms with Gasteiger partial charge in [0.15, 0.2) is 0 Å². The number of hydrogen-bond donors (Lipinski definition) is 0. The van der Waals surface area contributed by atoms with E-state index < -0.39 is 0 Å². The second-order valence-electron chi connectivity index (χ2n) is 5.73. The van der Waals surface area contributed by atoms with E-state index in [-0.39, 0.29) is 50.7 Å². The molecule has 0 bridgehead atoms. The Kier molecular flexibility index (Phi) is 11.4. The number of fused-ring (bicyclic) bond motifs is 3. The molecule has 3 heteroatoms. The van der Waals surface area contributed by atoms with Gasteiger partial charge in [-0.15, -0.1) is 5.56 Å². The van der Waals surface area contributed by atoms with Gasteiger partial charge < -0.3 is 24.8 Å². The predicted molar refractivity (Wildman–Crippen MR) is 94.3 cm³/mol. The molecule has 1 aliphatic rings. The Bertz CT molecular complexity index is 700. The Morgan fingerprint density at radius 1 is 0.840 bits per heavy atom. The van der Waals surface area contributed by atoms with Gasteiger partial charge >= 0.3 is 25.8 Å². The Morgan fingerprint density at radius 2 is 1.44 bits per heavy atom. The fraction of sp³-hybridized carbons (Fsp3) is 0.227. The maximum Gasteiger partial charge on any atom is 4.00 e. The van der Waals surface area contributed by atoms with Gasteiger partial charge in [-0.25, -0.2) is 12.1 Å². The van der Waals surface area contributed by atoms with E-state index in [9.17, 15) is 0 Å². The largest absolute Gasteiger partial charge is 4.00 e. The SMILES string of the molecule is CCc1ccc(CC)[cH-]1.[Cl-].[Cl-].[Hf+4].[c-]1cccc2c1Cc1ccccc1-2. The van der Waals surface area contributed by atoms with Gasteiger partial charge in [0, 0.05) is 0 Å². The van der Waals surface area contributed by atoms with Crippen LogP contribution < -0.4 is 24.8 Å². The van der Waals surface area contributed by atoms with E-state index in [1.165, 1.54) is 46.2 Å². The number of rotatable bonds is 2. The minimum Gasteiger partial charge on any atom is -1.00 e. The Morgan fingerprint density at radius 3 is 2.04 bits per heavy atom. The first-order chi connectivity index (χ1) is 10.8. The molecule has 3 aromatic carbocycles. The van der Waals surface area contributed by atoms with Crippen LogP contribution in [-0.4, -0.2) is 0 Å². The molecule has 0 N–H and O–H groups in total. The van der Waals surface area contributed by atoms with Crippen LogP contribution in [0.3, 0.4) is 0 Å². The van der Waals surface area contributed by atoms with Crippen molar-refractivity contribution in [2.75, 3.05) is 0 Å². The normalized spacial score (nSPS) is 10.0. The van der Waals surface area contributed by atoms with E-state index in [1.807, 2.05) is 6.07 Å². The molecule has 128 valence electrons. The topological polar surface area (TPSA) is 0 Å². The van der Waals surface area contributed by atoms with Gasteiger partial charge in [-0.05, 0) is 6.42 Å². The van der Waals surface area contributed by atoms with E-state index >= 15 is 0 Å². The zero-order valence-corrected chi connectivity index (χ0v) is 19.8. The summed E-state index contributed by atoms with van der Waals surface area (Å²) in [4.78, 5) is 0. The van der Waals surface area contributed by atoms with Crippen LogP contribution in [-0.2, 0) is 45.1 Å². The molecule has 0 spiro atoms. The molecule has 0 fully saturated rings. The first-order valence-electron chi connectivity index (χ1n) is 8.14. The van der Waals surface area contributed by atoms with Crippen LogP contribution in [0.1, 0.15) is 36.1 Å². The Labute approximate surface area is 183 Å². The van der Waals surface area contributed by atoms with Gasteiger partial charge in [0.25, 0.3) is 0 Å². The van der Waals surface area contributed by atoms with Crippen molar-refractivity contribution in [3.8, 4) is 11.1 Å². The summed E-state index contributed by atoms with van der Waals surface area (Å²) in [6.45, 7) is 4.38. The number of hydrogen-bond acceptors (Lipinski definition) is 0. The zero-order chi connectivity index (χ0) is 15.4. The van der Waals surface area contributed by atoms with Crippen LogP contribution in [0.2, 0.25) is 0 Å². The smallest absolute Gasteiger partial charge is 1.00 e. The summed E-state index contributed by atoms with van der Waals surface area (Å²) in [7, 11) is 0. The molecule has 3 aromatic rings. The first kappa shape index (κ1) is 24.2. The summed E-state index contributed by atoms with van der Waals surface area (Å²) < 4.78 is 0. The van der Waals surface area contributed by atoms with Gasteiger partial charge in [-0.1, -0.05) is 62.1 Å². The summed E-state index contributed by atoms with van der Waals surface area (Å²) in [6, 6.07) is 24.8. The van der Waals surface area contributed by atoms with Crippen molar-refractivity contribution in [2.45, 2.75) is 33.1 Å². The minimum atomic E-state index is 0. The molecule has 0 aliphatic heterocycles. The molecule has 0 saturated carbocycles. The molecule has 0 nitrogen and oxygen atoms in total. The number of halogens is 2. The van der Waals surface area contributed by atoms with Crippen LogP contribution in [0.25, 0.3) is 11.1 Å². The standard InChI is InChI=1S/C13H9.C9H13.2ClH.Hf/c1-3-7-12-10(5-1)9-11-6-2-4-8-13(11)12;1-3-8-5-6-9(4-2)7-8;;;/h1-5,7-8H,9H2;5-7H,3-4H2,1-2H3;2*1H;/q2*-1;;;+4/p-2. The Hall–Kier alpha value is -0.760. The molecule has 0 atom stereocenters. The number of benzene rings is 2. The molecule has 4 rings (SSSR count). The third-order valence-corrected chi connectivity index (χ3v) is 4.32. The van der Waals surface area contributed by atoms with E-state index in [1.54, 1.807) is 0 Å². The quantitative estimate of drug-likeness (QED) is 0.242. The van der Waals surface area contributed by atoms with Crippen molar-refractivity contribution in [1.82, 2.24) is 0 Å². The van der Waals surface area contributed by atoms with Crippen molar-refractivity contribution >= 4 is 0 Å². The second kappa shape index (κ2) is 11.8. The molecule has 25 heavy (non-hydrogen) atoms. The summed E-state index contributed by atoms with van der Waals surface area (Å²) >= 11 is 0. The van der Waals surface area contributed by atoms with E-state index in [2.05, 4.69) is 74.5 Å². The summed E-state index contributed by atoms with van der Waals surface area (Å²) in [5.41, 5.74) is 8.44. The third kappa shape index (κ3) is 5.88. The maximum absolute atomic E-state index is 3.30. The average molecular weight is 536 g/mol. The number of aryl methyl sites for hydroxylation is 2. The monoisotopic (exact) mass is 536 g/mol. The van der Waals surface area contributed by atoms with Crippen molar-refractivity contribution < 1.29 is 50.7 Å². The van der Waals surface area contributed by atoms with Crippen LogP contribution in [0.5, 0.6) is 0 Å². The van der Waals surface area contributed by atoms with Gasteiger partial charge in [0.1, 0.15) is 0 Å². The Balaban J connectivity index is 0.000000435. The van der Waals surface area contributed by atoms with Crippen LogP contribution in [0, 0.1) is 6.07 Å². The van der Waals surface area contributed by atoms with E-state index in [4.69, 9.17) is 0 Å². The molecule has 0 unspecified atom stereocenters. The van der Waals surface area contributed by atoms with Crippen molar-refractivity contribution in [1.29, 1.82) is 0 Å². The van der Waals surface area contributed by atoms with Crippen LogP contribution in [0.15, 0.2) is 60.7 Å². The summed E-state index contributed by atoms with van der Waals surface area (Å²) in [5, 5.41) is 0. The zero-order valence-electron chi connectivity index (χ0n) is 14.7. The van der Waals surface area contributed by atoms with E-state index in [0.29, 0.717) is 0 Å². The first-order valence-corrected chi connectivity index (χ1v) is 8.14. The summed E-state index contributed by atoms with van der Waals surface area (Å²) in [6.07, 6.45) is 3.38. The minimum absolute atomic E-state index is 0. The van der Waals surface area contributed by atoms with Crippen LogP contribution >= 0.6 is 0 Å². The molecule has 0 amide bonds. The van der Waals surface area contributed by atoms with Gasteiger partial charge in [0.2, 0.25) is 0 Å². The van der Waals surface area contributed by atoms with Crippen LogP contribution in [0.4, 0.5) is 0 Å². The predicted octanol–water partition coefficient (Wildman–Crippen LogP) is -0.406. The molecular weight excluding hydrogens is 514 g/mol.